The molecule has 7 heteroatoms. The second-order valence-corrected chi connectivity index (χ2v) is 7.56. The van der Waals surface area contributed by atoms with Crippen molar-refractivity contribution >= 4 is 16.6 Å². The summed E-state index contributed by atoms with van der Waals surface area (Å²) in [6.45, 7) is 10.3. The van der Waals surface area contributed by atoms with Gasteiger partial charge in [-0.3, -0.25) is 14.3 Å². The molecule has 4 rings (SSSR count). The van der Waals surface area contributed by atoms with Crippen molar-refractivity contribution in [2.45, 2.75) is 20.4 Å². The van der Waals surface area contributed by atoms with Gasteiger partial charge in [-0.1, -0.05) is 19.1 Å². The maximum atomic E-state index is 13.6. The molecule has 0 radical (unpaired) electrons. The van der Waals surface area contributed by atoms with Gasteiger partial charge in [-0.15, -0.1) is 0 Å². The molecule has 1 saturated heterocycles. The Hall–Kier alpha value is -2.90. The van der Waals surface area contributed by atoms with Gasteiger partial charge in [0.05, 0.1) is 29.7 Å². The maximum absolute atomic E-state index is 13.6. The molecule has 0 aliphatic carbocycles. The van der Waals surface area contributed by atoms with Crippen molar-refractivity contribution in [2.24, 2.45) is 0 Å². The molecule has 1 aromatic heterocycles. The largest absolute Gasteiger partial charge is 0.492 e. The van der Waals surface area contributed by atoms with E-state index in [0.29, 0.717) is 41.3 Å². The average molecular weight is 408 g/mol. The number of anilines is 1. The minimum absolute atomic E-state index is 0.102. The second kappa shape index (κ2) is 8.85. The maximum Gasteiger partial charge on any atom is 0.266 e. The van der Waals surface area contributed by atoms with Gasteiger partial charge in [0, 0.05) is 31.9 Å². The van der Waals surface area contributed by atoms with Crippen LogP contribution in [0.25, 0.3) is 16.6 Å². The van der Waals surface area contributed by atoms with Crippen LogP contribution in [0.4, 0.5) is 5.69 Å². The number of rotatable bonds is 6. The lowest BCUT2D eigenvalue weighted by atomic mass is 10.2. The van der Waals surface area contributed by atoms with E-state index in [1.807, 2.05) is 31.2 Å². The smallest absolute Gasteiger partial charge is 0.266 e. The minimum Gasteiger partial charge on any atom is -0.492 e. The Morgan fingerprint density at radius 2 is 1.77 bits per heavy atom. The minimum atomic E-state index is -0.102. The molecule has 3 aromatic rings. The van der Waals surface area contributed by atoms with Crippen LogP contribution in [-0.4, -0.2) is 58.7 Å². The van der Waals surface area contributed by atoms with E-state index in [0.717, 1.165) is 38.4 Å². The Labute approximate surface area is 176 Å². The van der Waals surface area contributed by atoms with E-state index in [4.69, 9.17) is 15.5 Å². The van der Waals surface area contributed by atoms with Crippen molar-refractivity contribution in [3.63, 3.8) is 0 Å². The Balaban J connectivity index is 1.83. The molecular weight excluding hydrogens is 378 g/mol. The third-order valence-corrected chi connectivity index (χ3v) is 5.65. The SMILES string of the molecule is CCOc1ccccc1-n1c(CN2CCN(CC)CC2)nc2cc(N)ccc2c1=O. The molecule has 1 aliphatic rings. The summed E-state index contributed by atoms with van der Waals surface area (Å²) in [6, 6.07) is 12.9. The average Bonchev–Trinajstić information content (AvgIpc) is 2.75. The number of aromatic nitrogens is 2. The van der Waals surface area contributed by atoms with E-state index in [1.54, 1.807) is 22.8 Å². The normalized spacial score (nSPS) is 15.5. The summed E-state index contributed by atoms with van der Waals surface area (Å²) in [6.07, 6.45) is 0. The topological polar surface area (TPSA) is 76.6 Å². The number of para-hydroxylation sites is 2. The first-order valence-electron chi connectivity index (χ1n) is 10.6. The lowest BCUT2D eigenvalue weighted by molar-refractivity contribution is 0.129. The number of benzene rings is 2. The molecule has 1 fully saturated rings. The van der Waals surface area contributed by atoms with Crippen LogP contribution in [-0.2, 0) is 6.54 Å². The summed E-state index contributed by atoms with van der Waals surface area (Å²) < 4.78 is 7.53. The fourth-order valence-corrected chi connectivity index (χ4v) is 3.99. The first-order valence-corrected chi connectivity index (χ1v) is 10.6. The van der Waals surface area contributed by atoms with Gasteiger partial charge in [0.1, 0.15) is 11.6 Å². The van der Waals surface area contributed by atoms with E-state index in [1.165, 1.54) is 0 Å². The van der Waals surface area contributed by atoms with Crippen molar-refractivity contribution in [3.05, 3.63) is 58.6 Å². The molecule has 7 nitrogen and oxygen atoms in total. The van der Waals surface area contributed by atoms with E-state index in [2.05, 4.69) is 16.7 Å². The quantitative estimate of drug-likeness (QED) is 0.633. The number of fused-ring (bicyclic) bond motifs is 1. The van der Waals surface area contributed by atoms with Crippen LogP contribution >= 0.6 is 0 Å². The highest BCUT2D eigenvalue weighted by Gasteiger charge is 2.21. The summed E-state index contributed by atoms with van der Waals surface area (Å²) in [5.41, 5.74) is 7.82. The van der Waals surface area contributed by atoms with Crippen LogP contribution in [0.5, 0.6) is 5.75 Å². The fourth-order valence-electron chi connectivity index (χ4n) is 3.99. The van der Waals surface area contributed by atoms with Gasteiger partial charge in [-0.05, 0) is 43.8 Å². The molecule has 0 unspecified atom stereocenters. The molecule has 0 bridgehead atoms. The van der Waals surface area contributed by atoms with Gasteiger partial charge < -0.3 is 15.4 Å². The zero-order valence-electron chi connectivity index (χ0n) is 17.7. The molecule has 0 saturated carbocycles. The molecule has 2 N–H and O–H groups in total. The molecule has 0 amide bonds. The van der Waals surface area contributed by atoms with Gasteiger partial charge in [-0.2, -0.15) is 0 Å². The summed E-state index contributed by atoms with van der Waals surface area (Å²) in [5.74, 6) is 1.38. The predicted molar refractivity (Wildman–Crippen MR) is 120 cm³/mol. The van der Waals surface area contributed by atoms with Crippen LogP contribution in [0.1, 0.15) is 19.7 Å². The Morgan fingerprint density at radius 1 is 1.03 bits per heavy atom. The molecule has 2 heterocycles. The van der Waals surface area contributed by atoms with Crippen LogP contribution in [0.15, 0.2) is 47.3 Å². The summed E-state index contributed by atoms with van der Waals surface area (Å²) in [4.78, 5) is 23.2. The first kappa shape index (κ1) is 20.4. The second-order valence-electron chi connectivity index (χ2n) is 7.56. The summed E-state index contributed by atoms with van der Waals surface area (Å²) >= 11 is 0. The number of ether oxygens (including phenoxy) is 1. The predicted octanol–water partition coefficient (Wildman–Crippen LogP) is 2.50. The molecule has 0 spiro atoms. The third kappa shape index (κ3) is 4.04. The van der Waals surface area contributed by atoms with E-state index >= 15 is 0 Å². The van der Waals surface area contributed by atoms with Crippen molar-refractivity contribution in [2.75, 3.05) is 45.1 Å². The Kier molecular flexibility index (Phi) is 6.01. The molecule has 0 atom stereocenters. The molecule has 158 valence electrons. The zero-order valence-corrected chi connectivity index (χ0v) is 17.7. The van der Waals surface area contributed by atoms with Crippen LogP contribution in [0.2, 0.25) is 0 Å². The van der Waals surface area contributed by atoms with Crippen LogP contribution in [0.3, 0.4) is 0 Å². The van der Waals surface area contributed by atoms with Crippen molar-refractivity contribution < 1.29 is 4.74 Å². The van der Waals surface area contributed by atoms with Gasteiger partial charge in [0.25, 0.3) is 5.56 Å². The highest BCUT2D eigenvalue weighted by Crippen LogP contribution is 2.24. The molecule has 2 aromatic carbocycles. The first-order chi connectivity index (χ1) is 14.6. The van der Waals surface area contributed by atoms with Gasteiger partial charge in [0.2, 0.25) is 0 Å². The van der Waals surface area contributed by atoms with Crippen LogP contribution < -0.4 is 16.0 Å². The van der Waals surface area contributed by atoms with E-state index in [-0.39, 0.29) is 5.56 Å². The van der Waals surface area contributed by atoms with Gasteiger partial charge in [-0.25, -0.2) is 4.98 Å². The number of likely N-dealkylation sites (N-methyl/N-ethyl adjacent to an activating group) is 1. The summed E-state index contributed by atoms with van der Waals surface area (Å²) in [5, 5.41) is 0.551. The monoisotopic (exact) mass is 407 g/mol. The number of nitrogen functional groups attached to an aromatic ring is 1. The van der Waals surface area contributed by atoms with Crippen molar-refractivity contribution in [1.29, 1.82) is 0 Å². The van der Waals surface area contributed by atoms with Crippen molar-refractivity contribution in [3.8, 4) is 11.4 Å². The highest BCUT2D eigenvalue weighted by molar-refractivity contribution is 5.81. The van der Waals surface area contributed by atoms with Crippen molar-refractivity contribution in [1.82, 2.24) is 19.4 Å². The van der Waals surface area contributed by atoms with Gasteiger partial charge in [0.15, 0.2) is 0 Å². The number of hydrogen-bond donors (Lipinski definition) is 1. The molecule has 1 aliphatic heterocycles. The number of piperazine rings is 1. The highest BCUT2D eigenvalue weighted by atomic mass is 16.5. The van der Waals surface area contributed by atoms with Gasteiger partial charge >= 0.3 is 0 Å². The number of nitrogens with two attached hydrogens (primary N) is 1. The number of hydrogen-bond acceptors (Lipinski definition) is 6. The summed E-state index contributed by atoms with van der Waals surface area (Å²) in [7, 11) is 0. The Bertz CT molecular complexity index is 1090. The lowest BCUT2D eigenvalue weighted by Gasteiger charge is -2.34. The third-order valence-electron chi connectivity index (χ3n) is 5.65. The molecule has 30 heavy (non-hydrogen) atoms. The molecular formula is C23H29N5O2. The van der Waals surface area contributed by atoms with E-state index in [9.17, 15) is 4.79 Å². The zero-order chi connectivity index (χ0) is 21.1. The van der Waals surface area contributed by atoms with E-state index < -0.39 is 0 Å². The standard InChI is InChI=1S/C23H29N5O2/c1-3-26-11-13-27(14-12-26)16-22-25-19-15-17(24)9-10-18(19)23(29)28(22)20-7-5-6-8-21(20)30-4-2/h5-10,15H,3-4,11-14,16,24H2,1-2H3. The van der Waals surface area contributed by atoms with Crippen LogP contribution in [0, 0.1) is 0 Å². The Morgan fingerprint density at radius 3 is 2.50 bits per heavy atom. The fraction of sp³-hybridized carbons (Fsp3) is 0.391. The number of nitrogens with zero attached hydrogens (tertiary/aromatic N) is 4. The lowest BCUT2D eigenvalue weighted by Crippen LogP contribution is -2.46.